The molecule has 0 saturated heterocycles. The van der Waals surface area contributed by atoms with Crippen LogP contribution in [0.25, 0.3) is 0 Å². The van der Waals surface area contributed by atoms with Crippen molar-refractivity contribution in [3.63, 3.8) is 0 Å². The van der Waals surface area contributed by atoms with Crippen LogP contribution in [0.1, 0.15) is 26.7 Å². The Morgan fingerprint density at radius 1 is 1.53 bits per heavy atom. The minimum atomic E-state index is -0.378. The number of hydrogen-bond acceptors (Lipinski definition) is 5. The number of hydrogen-bond donors (Lipinski definition) is 0. The maximum atomic E-state index is 11.3. The van der Waals surface area contributed by atoms with E-state index in [1.54, 1.807) is 6.92 Å². The molecule has 0 bridgehead atoms. The van der Waals surface area contributed by atoms with Crippen LogP contribution in [0.2, 0.25) is 0 Å². The lowest BCUT2D eigenvalue weighted by molar-refractivity contribution is -0.135. The molecular formula is C10H17NO4. The average Bonchev–Trinajstić information content (AvgIpc) is 2.67. The summed E-state index contributed by atoms with van der Waals surface area (Å²) in [6.45, 7) is 5.39. The number of carbonyl (C=O) groups excluding carboxylic acids is 1. The molecule has 86 valence electrons. The van der Waals surface area contributed by atoms with Crippen LogP contribution in [0, 0.1) is 0 Å². The van der Waals surface area contributed by atoms with Crippen molar-refractivity contribution >= 4 is 11.7 Å². The van der Waals surface area contributed by atoms with E-state index < -0.39 is 0 Å². The van der Waals surface area contributed by atoms with Crippen LogP contribution < -0.4 is 0 Å². The van der Waals surface area contributed by atoms with E-state index in [1.807, 2.05) is 6.92 Å². The molecule has 1 heterocycles. The number of rotatable bonds is 6. The van der Waals surface area contributed by atoms with Crippen molar-refractivity contribution in [2.24, 2.45) is 5.16 Å². The summed E-state index contributed by atoms with van der Waals surface area (Å²) in [7, 11) is 0. The molecule has 0 N–H and O–H groups in total. The van der Waals surface area contributed by atoms with Gasteiger partial charge >= 0.3 is 5.97 Å². The summed E-state index contributed by atoms with van der Waals surface area (Å²) in [5.74, 6) is -0.378. The summed E-state index contributed by atoms with van der Waals surface area (Å²) in [5.41, 5.74) is 0.373. The molecule has 0 aromatic rings. The summed E-state index contributed by atoms with van der Waals surface area (Å²) in [4.78, 5) is 16.3. The molecule has 0 spiro atoms. The molecule has 0 unspecified atom stereocenters. The fourth-order valence-electron chi connectivity index (χ4n) is 1.28. The van der Waals surface area contributed by atoms with Gasteiger partial charge in [0.25, 0.3) is 0 Å². The van der Waals surface area contributed by atoms with Gasteiger partial charge < -0.3 is 14.3 Å². The Morgan fingerprint density at radius 2 is 2.33 bits per heavy atom. The van der Waals surface area contributed by atoms with Gasteiger partial charge in [-0.3, -0.25) is 0 Å². The quantitative estimate of drug-likeness (QED) is 0.492. The highest BCUT2D eigenvalue weighted by Crippen LogP contribution is 2.14. The second kappa shape index (κ2) is 6.40. The topological polar surface area (TPSA) is 57.1 Å². The van der Waals surface area contributed by atoms with Gasteiger partial charge in [0.05, 0.1) is 13.2 Å². The molecule has 0 fully saturated rings. The highest BCUT2D eigenvalue weighted by atomic mass is 16.6. The van der Waals surface area contributed by atoms with E-state index in [2.05, 4.69) is 5.16 Å². The first-order valence-electron chi connectivity index (χ1n) is 5.25. The van der Waals surface area contributed by atoms with Crippen LogP contribution in [0.3, 0.4) is 0 Å². The third-order valence-electron chi connectivity index (χ3n) is 2.03. The van der Waals surface area contributed by atoms with Gasteiger partial charge in [-0.25, -0.2) is 4.79 Å². The first-order valence-corrected chi connectivity index (χ1v) is 5.25. The zero-order valence-electron chi connectivity index (χ0n) is 9.19. The summed E-state index contributed by atoms with van der Waals surface area (Å²) >= 11 is 0. The van der Waals surface area contributed by atoms with Crippen molar-refractivity contribution < 1.29 is 19.1 Å². The molecule has 0 radical (unpaired) electrons. The van der Waals surface area contributed by atoms with Gasteiger partial charge in [-0.2, -0.15) is 0 Å². The molecule has 5 heteroatoms. The van der Waals surface area contributed by atoms with Crippen LogP contribution >= 0.6 is 0 Å². The molecular weight excluding hydrogens is 198 g/mol. The molecule has 5 nitrogen and oxygen atoms in total. The van der Waals surface area contributed by atoms with E-state index in [4.69, 9.17) is 14.3 Å². The molecule has 1 atom stereocenters. The summed E-state index contributed by atoms with van der Waals surface area (Å²) in [6.07, 6.45) is 1.22. The minimum absolute atomic E-state index is 0.0454. The molecule has 15 heavy (non-hydrogen) atoms. The van der Waals surface area contributed by atoms with Gasteiger partial charge in [0.1, 0.15) is 6.10 Å². The Hall–Kier alpha value is -1.10. The van der Waals surface area contributed by atoms with Crippen molar-refractivity contribution in [2.75, 3.05) is 19.8 Å². The van der Waals surface area contributed by atoms with Gasteiger partial charge in [-0.05, 0) is 13.8 Å². The first kappa shape index (κ1) is 12.0. The first-order chi connectivity index (χ1) is 7.27. The van der Waals surface area contributed by atoms with Gasteiger partial charge in [-0.15, -0.1) is 0 Å². The van der Waals surface area contributed by atoms with E-state index in [1.165, 1.54) is 0 Å². The normalized spacial score (nSPS) is 19.6. The number of ether oxygens (including phenoxy) is 2. The molecule has 1 aliphatic rings. The maximum absolute atomic E-state index is 11.3. The van der Waals surface area contributed by atoms with Crippen LogP contribution in [0.4, 0.5) is 0 Å². The number of nitrogens with zero attached hydrogens (tertiary/aromatic N) is 1. The lowest BCUT2D eigenvalue weighted by Gasteiger charge is -2.06. The zero-order valence-corrected chi connectivity index (χ0v) is 9.19. The highest BCUT2D eigenvalue weighted by Gasteiger charge is 2.26. The number of esters is 1. The second-order valence-corrected chi connectivity index (χ2v) is 3.18. The monoisotopic (exact) mass is 215 g/mol. The Kier molecular flexibility index (Phi) is 5.10. The molecule has 0 aliphatic carbocycles. The number of oxime groups is 1. The fourth-order valence-corrected chi connectivity index (χ4v) is 1.28. The van der Waals surface area contributed by atoms with Crippen molar-refractivity contribution in [3.8, 4) is 0 Å². The van der Waals surface area contributed by atoms with Gasteiger partial charge in [-0.1, -0.05) is 5.16 Å². The second-order valence-electron chi connectivity index (χ2n) is 3.18. The minimum Gasteiger partial charge on any atom is -0.461 e. The maximum Gasteiger partial charge on any atom is 0.356 e. The largest absolute Gasteiger partial charge is 0.461 e. The van der Waals surface area contributed by atoms with Crippen LogP contribution in [0.5, 0.6) is 0 Å². The zero-order chi connectivity index (χ0) is 11.1. The molecule has 1 aliphatic heterocycles. The predicted molar refractivity (Wildman–Crippen MR) is 54.7 cm³/mol. The Balaban J connectivity index is 2.21. The van der Waals surface area contributed by atoms with Crippen LogP contribution in [-0.2, 0) is 19.1 Å². The smallest absolute Gasteiger partial charge is 0.356 e. The molecule has 1 rings (SSSR count). The third kappa shape index (κ3) is 3.87. The number of carbonyl (C=O) groups is 1. The summed E-state index contributed by atoms with van der Waals surface area (Å²) < 4.78 is 10.0. The van der Waals surface area contributed by atoms with Gasteiger partial charge in [0.15, 0.2) is 5.71 Å². The Morgan fingerprint density at radius 3 is 3.00 bits per heavy atom. The van der Waals surface area contributed by atoms with Gasteiger partial charge in [0.2, 0.25) is 0 Å². The highest BCUT2D eigenvalue weighted by molar-refractivity contribution is 6.36. The van der Waals surface area contributed by atoms with E-state index in [0.29, 0.717) is 32.0 Å². The Bertz CT molecular complexity index is 240. The van der Waals surface area contributed by atoms with E-state index in [0.717, 1.165) is 6.42 Å². The average molecular weight is 215 g/mol. The van der Waals surface area contributed by atoms with Crippen molar-refractivity contribution in [2.45, 2.75) is 32.8 Å². The predicted octanol–water partition coefficient (Wildman–Crippen LogP) is 1.12. The van der Waals surface area contributed by atoms with E-state index >= 15 is 0 Å². The molecule has 0 aromatic carbocycles. The fraction of sp³-hybridized carbons (Fsp3) is 0.800. The summed E-state index contributed by atoms with van der Waals surface area (Å²) in [6, 6.07) is 0. The van der Waals surface area contributed by atoms with E-state index in [9.17, 15) is 4.79 Å². The third-order valence-corrected chi connectivity index (χ3v) is 2.03. The lowest BCUT2D eigenvalue weighted by Crippen LogP contribution is -2.19. The van der Waals surface area contributed by atoms with Crippen LogP contribution in [0.15, 0.2) is 5.16 Å². The lowest BCUT2D eigenvalue weighted by atomic mass is 10.1. The SMILES string of the molecule is CCOCC[C@H]1CC(C(=O)OCC)=NO1. The van der Waals surface area contributed by atoms with Crippen molar-refractivity contribution in [3.05, 3.63) is 0 Å². The molecule has 0 amide bonds. The molecule has 0 aromatic heterocycles. The standard InChI is InChI=1S/C10H17NO4/c1-3-13-6-5-8-7-9(11-15-8)10(12)14-4-2/h8H,3-7H2,1-2H3/t8-/m0/s1. The Labute approximate surface area is 89.4 Å². The van der Waals surface area contributed by atoms with Crippen molar-refractivity contribution in [1.29, 1.82) is 0 Å². The van der Waals surface area contributed by atoms with Crippen molar-refractivity contribution in [1.82, 2.24) is 0 Å². The molecule has 0 saturated carbocycles. The van der Waals surface area contributed by atoms with Crippen LogP contribution in [-0.4, -0.2) is 37.6 Å². The van der Waals surface area contributed by atoms with E-state index in [-0.39, 0.29) is 12.1 Å². The van der Waals surface area contributed by atoms with Gasteiger partial charge in [0, 0.05) is 19.4 Å². The summed E-state index contributed by atoms with van der Waals surface area (Å²) in [5, 5.41) is 3.70.